The zero-order valence-electron chi connectivity index (χ0n) is 10.8. The van der Waals surface area contributed by atoms with Crippen LogP contribution >= 0.6 is 15.9 Å². The van der Waals surface area contributed by atoms with Crippen molar-refractivity contribution < 1.29 is 14.3 Å². The van der Waals surface area contributed by atoms with Crippen molar-refractivity contribution in [3.05, 3.63) is 28.2 Å². The van der Waals surface area contributed by atoms with E-state index in [1.807, 2.05) is 6.92 Å². The number of amides is 2. The van der Waals surface area contributed by atoms with Crippen LogP contribution in [0.15, 0.2) is 22.7 Å². The third kappa shape index (κ3) is 3.26. The number of piperazine rings is 1. The van der Waals surface area contributed by atoms with Crippen LogP contribution in [0.5, 0.6) is 5.75 Å². The lowest BCUT2D eigenvalue weighted by Gasteiger charge is -2.31. The van der Waals surface area contributed by atoms with Crippen LogP contribution < -0.4 is 10.1 Å². The Hall–Kier alpha value is -1.56. The number of hydrogen-bond acceptors (Lipinski definition) is 3. The van der Waals surface area contributed by atoms with Gasteiger partial charge in [-0.3, -0.25) is 9.59 Å². The van der Waals surface area contributed by atoms with E-state index in [-0.39, 0.29) is 24.4 Å². The largest absolute Gasteiger partial charge is 0.497 e. The summed E-state index contributed by atoms with van der Waals surface area (Å²) in [7, 11) is 1.55. The highest BCUT2D eigenvalue weighted by molar-refractivity contribution is 9.10. The normalized spacial score (nSPS) is 19.0. The monoisotopic (exact) mass is 326 g/mol. The Balaban J connectivity index is 2.23. The van der Waals surface area contributed by atoms with Crippen LogP contribution in [0.25, 0.3) is 0 Å². The summed E-state index contributed by atoms with van der Waals surface area (Å²) in [5.41, 5.74) is 0.508. The van der Waals surface area contributed by atoms with Gasteiger partial charge in [-0.25, -0.2) is 0 Å². The fourth-order valence-corrected chi connectivity index (χ4v) is 2.55. The summed E-state index contributed by atoms with van der Waals surface area (Å²) in [5, 5.41) is 2.78. The van der Waals surface area contributed by atoms with E-state index in [9.17, 15) is 9.59 Å². The van der Waals surface area contributed by atoms with Gasteiger partial charge in [-0.05, 0) is 25.1 Å². The van der Waals surface area contributed by atoms with Crippen LogP contribution in [-0.2, 0) is 4.79 Å². The Labute approximate surface area is 120 Å². The first-order chi connectivity index (χ1) is 8.99. The number of carbonyl (C=O) groups excluding carboxylic acids is 2. The van der Waals surface area contributed by atoms with Gasteiger partial charge < -0.3 is 15.0 Å². The first-order valence-corrected chi connectivity index (χ1v) is 6.72. The maximum Gasteiger partial charge on any atom is 0.254 e. The molecule has 1 aromatic carbocycles. The van der Waals surface area contributed by atoms with Crippen molar-refractivity contribution in [2.24, 2.45) is 0 Å². The van der Waals surface area contributed by atoms with Crippen LogP contribution in [0, 0.1) is 0 Å². The molecule has 1 aromatic rings. The highest BCUT2D eigenvalue weighted by Gasteiger charge is 2.26. The average molecular weight is 327 g/mol. The molecule has 19 heavy (non-hydrogen) atoms. The fourth-order valence-electron chi connectivity index (χ4n) is 2.08. The molecule has 1 aliphatic rings. The zero-order valence-corrected chi connectivity index (χ0v) is 12.4. The Kier molecular flexibility index (Phi) is 4.09. The molecule has 0 spiro atoms. The fraction of sp³-hybridized carbons (Fsp3) is 0.385. The second kappa shape index (κ2) is 5.61. The lowest BCUT2D eigenvalue weighted by atomic mass is 10.1. The number of nitrogens with zero attached hydrogens (tertiary/aromatic N) is 1. The first-order valence-electron chi connectivity index (χ1n) is 5.93. The summed E-state index contributed by atoms with van der Waals surface area (Å²) in [5.74, 6) is 0.308. The Bertz CT molecular complexity index is 519. The van der Waals surface area contributed by atoms with Gasteiger partial charge in [0.25, 0.3) is 5.91 Å². The summed E-state index contributed by atoms with van der Waals surface area (Å²) in [6.45, 7) is 2.48. The van der Waals surface area contributed by atoms with Gasteiger partial charge in [0.15, 0.2) is 0 Å². The van der Waals surface area contributed by atoms with Gasteiger partial charge in [-0.2, -0.15) is 0 Å². The van der Waals surface area contributed by atoms with Crippen LogP contribution in [0.1, 0.15) is 17.3 Å². The second-order valence-corrected chi connectivity index (χ2v) is 5.45. The third-order valence-electron chi connectivity index (χ3n) is 2.88. The maximum atomic E-state index is 12.4. The van der Waals surface area contributed by atoms with Crippen molar-refractivity contribution in [3.63, 3.8) is 0 Å². The van der Waals surface area contributed by atoms with Gasteiger partial charge in [-0.1, -0.05) is 15.9 Å². The van der Waals surface area contributed by atoms with Gasteiger partial charge in [-0.15, -0.1) is 0 Å². The molecular formula is C13H15BrN2O3. The number of halogens is 1. The SMILES string of the molecule is COc1cc(Br)cc(C(=O)N2CC(=O)NC(C)C2)c1. The van der Waals surface area contributed by atoms with Crippen LogP contribution in [0.2, 0.25) is 0 Å². The lowest BCUT2D eigenvalue weighted by molar-refractivity contribution is -0.124. The second-order valence-electron chi connectivity index (χ2n) is 4.53. The molecule has 2 rings (SSSR count). The van der Waals surface area contributed by atoms with E-state index in [4.69, 9.17) is 4.74 Å². The lowest BCUT2D eigenvalue weighted by Crippen LogP contribution is -2.54. The Morgan fingerprint density at radius 2 is 2.21 bits per heavy atom. The molecule has 1 heterocycles. The molecule has 0 radical (unpaired) electrons. The van der Waals surface area contributed by atoms with E-state index in [2.05, 4.69) is 21.2 Å². The quantitative estimate of drug-likeness (QED) is 0.894. The molecule has 0 aromatic heterocycles. The molecule has 1 fully saturated rings. The summed E-state index contributed by atoms with van der Waals surface area (Å²) in [4.78, 5) is 25.4. The minimum absolute atomic E-state index is 0.0285. The van der Waals surface area contributed by atoms with Crippen molar-refractivity contribution in [3.8, 4) is 5.75 Å². The van der Waals surface area contributed by atoms with Crippen LogP contribution in [-0.4, -0.2) is 43.0 Å². The molecular weight excluding hydrogens is 312 g/mol. The standard InChI is InChI=1S/C13H15BrN2O3/c1-8-6-16(7-12(17)15-8)13(18)9-3-10(14)5-11(4-9)19-2/h3-5,8H,6-7H2,1-2H3,(H,15,17). The number of nitrogens with one attached hydrogen (secondary N) is 1. The highest BCUT2D eigenvalue weighted by atomic mass is 79.9. The van der Waals surface area contributed by atoms with Gasteiger partial charge in [0, 0.05) is 22.6 Å². The van der Waals surface area contributed by atoms with E-state index in [0.717, 1.165) is 4.47 Å². The minimum Gasteiger partial charge on any atom is -0.497 e. The van der Waals surface area contributed by atoms with Crippen LogP contribution in [0.4, 0.5) is 0 Å². The molecule has 1 N–H and O–H groups in total. The number of methoxy groups -OCH3 is 1. The van der Waals surface area contributed by atoms with E-state index >= 15 is 0 Å². The molecule has 0 aliphatic carbocycles. The van der Waals surface area contributed by atoms with Crippen molar-refractivity contribution in [2.75, 3.05) is 20.2 Å². The molecule has 6 heteroatoms. The predicted octanol–water partition coefficient (Wildman–Crippen LogP) is 1.42. The van der Waals surface area contributed by atoms with Crippen molar-refractivity contribution in [1.82, 2.24) is 10.2 Å². The molecule has 1 saturated heterocycles. The predicted molar refractivity (Wildman–Crippen MR) is 74.2 cm³/mol. The molecule has 102 valence electrons. The molecule has 5 nitrogen and oxygen atoms in total. The Morgan fingerprint density at radius 1 is 1.47 bits per heavy atom. The molecule has 1 aliphatic heterocycles. The summed E-state index contributed by atoms with van der Waals surface area (Å²) >= 11 is 3.34. The van der Waals surface area contributed by atoms with Gasteiger partial charge in [0.1, 0.15) is 5.75 Å². The van der Waals surface area contributed by atoms with Crippen LogP contribution in [0.3, 0.4) is 0 Å². The van der Waals surface area contributed by atoms with E-state index in [1.54, 1.807) is 30.2 Å². The average Bonchev–Trinajstić information content (AvgIpc) is 2.35. The first kappa shape index (κ1) is 13.9. The van der Waals surface area contributed by atoms with E-state index < -0.39 is 0 Å². The Morgan fingerprint density at radius 3 is 2.84 bits per heavy atom. The molecule has 1 atom stereocenters. The summed E-state index contributed by atoms with van der Waals surface area (Å²) in [6.07, 6.45) is 0. The molecule has 2 amide bonds. The zero-order chi connectivity index (χ0) is 14.0. The van der Waals surface area contributed by atoms with Crippen molar-refractivity contribution in [2.45, 2.75) is 13.0 Å². The smallest absolute Gasteiger partial charge is 0.254 e. The van der Waals surface area contributed by atoms with E-state index in [1.165, 1.54) is 0 Å². The minimum atomic E-state index is -0.165. The third-order valence-corrected chi connectivity index (χ3v) is 3.34. The molecule has 1 unspecified atom stereocenters. The summed E-state index contributed by atoms with van der Waals surface area (Å²) in [6, 6.07) is 5.15. The molecule has 0 saturated carbocycles. The molecule has 0 bridgehead atoms. The maximum absolute atomic E-state index is 12.4. The number of benzene rings is 1. The van der Waals surface area contributed by atoms with Crippen molar-refractivity contribution in [1.29, 1.82) is 0 Å². The van der Waals surface area contributed by atoms with Gasteiger partial charge in [0.2, 0.25) is 5.91 Å². The summed E-state index contributed by atoms with van der Waals surface area (Å²) < 4.78 is 5.90. The number of rotatable bonds is 2. The number of ether oxygens (including phenoxy) is 1. The van der Waals surface area contributed by atoms with E-state index in [0.29, 0.717) is 17.9 Å². The number of carbonyl (C=O) groups is 2. The van der Waals surface area contributed by atoms with Crippen molar-refractivity contribution >= 4 is 27.7 Å². The number of hydrogen-bond donors (Lipinski definition) is 1. The topological polar surface area (TPSA) is 58.6 Å². The highest BCUT2D eigenvalue weighted by Crippen LogP contribution is 2.22. The van der Waals surface area contributed by atoms with Gasteiger partial charge >= 0.3 is 0 Å². The van der Waals surface area contributed by atoms with Gasteiger partial charge in [0.05, 0.1) is 13.7 Å².